The van der Waals surface area contributed by atoms with E-state index in [9.17, 15) is 9.59 Å². The van der Waals surface area contributed by atoms with Gasteiger partial charge in [0.1, 0.15) is 0 Å². The van der Waals surface area contributed by atoms with E-state index in [0.29, 0.717) is 37.2 Å². The van der Waals surface area contributed by atoms with Gasteiger partial charge in [0, 0.05) is 26.3 Å². The molecule has 1 fully saturated rings. The van der Waals surface area contributed by atoms with Crippen LogP contribution in [0.15, 0.2) is 30.7 Å². The van der Waals surface area contributed by atoms with Crippen LogP contribution in [0.1, 0.15) is 39.5 Å². The molecule has 26 heavy (non-hydrogen) atoms. The van der Waals surface area contributed by atoms with E-state index in [4.69, 9.17) is 4.74 Å². The number of hydrogen-bond acceptors (Lipinski definition) is 6. The normalized spacial score (nSPS) is 18.2. The van der Waals surface area contributed by atoms with E-state index in [0.717, 1.165) is 5.69 Å². The lowest BCUT2D eigenvalue weighted by molar-refractivity contribution is 0.0331. The van der Waals surface area contributed by atoms with Crippen LogP contribution >= 0.6 is 0 Å². The molecule has 0 bridgehead atoms. The molecule has 8 heteroatoms. The molecule has 0 aliphatic carbocycles. The van der Waals surface area contributed by atoms with Crippen molar-refractivity contribution in [2.45, 2.75) is 18.4 Å². The molecule has 0 aromatic carbocycles. The summed E-state index contributed by atoms with van der Waals surface area (Å²) in [6, 6.07) is 3.60. The van der Waals surface area contributed by atoms with Crippen molar-refractivity contribution in [3.8, 4) is 5.75 Å². The molecule has 4 heterocycles. The average Bonchev–Trinajstić information content (AvgIpc) is 2.91. The van der Waals surface area contributed by atoms with Gasteiger partial charge in [-0.2, -0.15) is 0 Å². The first-order valence-corrected chi connectivity index (χ1v) is 8.46. The maximum atomic E-state index is 12.7. The highest BCUT2D eigenvalue weighted by atomic mass is 16.5. The number of rotatable bonds is 2. The minimum absolute atomic E-state index is 0.00800. The summed E-state index contributed by atoms with van der Waals surface area (Å²) in [7, 11) is 3.34. The minimum Gasteiger partial charge on any atom is -0.494 e. The van der Waals surface area contributed by atoms with Gasteiger partial charge in [-0.15, -0.1) is 0 Å². The predicted octanol–water partition coefficient (Wildman–Crippen LogP) is 1.10. The van der Waals surface area contributed by atoms with Crippen molar-refractivity contribution in [1.29, 1.82) is 0 Å². The second-order valence-electron chi connectivity index (χ2n) is 6.53. The number of hydrogen-bond donors (Lipinski definition) is 0. The van der Waals surface area contributed by atoms with Gasteiger partial charge < -0.3 is 14.5 Å². The first-order chi connectivity index (χ1) is 12.6. The minimum atomic E-state index is -0.439. The number of methoxy groups -OCH3 is 1. The van der Waals surface area contributed by atoms with Crippen LogP contribution in [-0.2, 0) is 5.54 Å². The summed E-state index contributed by atoms with van der Waals surface area (Å²) in [6.07, 6.45) is 5.96. The SMILES string of the molecule is COc1cnc(C(=O)N2CCC3(CC2)c2ncccc2C(=O)N3C)nc1. The van der Waals surface area contributed by atoms with Crippen molar-refractivity contribution in [3.63, 3.8) is 0 Å². The van der Waals surface area contributed by atoms with Crippen LogP contribution in [0.4, 0.5) is 0 Å². The van der Waals surface area contributed by atoms with Crippen LogP contribution in [0.5, 0.6) is 5.75 Å². The lowest BCUT2D eigenvalue weighted by Gasteiger charge is -2.43. The summed E-state index contributed by atoms with van der Waals surface area (Å²) >= 11 is 0. The van der Waals surface area contributed by atoms with E-state index in [1.165, 1.54) is 19.5 Å². The zero-order valence-electron chi connectivity index (χ0n) is 14.7. The fourth-order valence-electron chi connectivity index (χ4n) is 3.81. The van der Waals surface area contributed by atoms with E-state index < -0.39 is 5.54 Å². The fraction of sp³-hybridized carbons (Fsp3) is 0.389. The second kappa shape index (κ2) is 6.05. The number of carbonyl (C=O) groups excluding carboxylic acids is 2. The second-order valence-corrected chi connectivity index (χ2v) is 6.53. The zero-order valence-corrected chi connectivity index (χ0v) is 14.7. The highest BCUT2D eigenvalue weighted by Gasteiger charge is 2.50. The Morgan fingerprint density at radius 3 is 2.54 bits per heavy atom. The van der Waals surface area contributed by atoms with E-state index in [1.54, 1.807) is 22.1 Å². The molecule has 0 saturated carbocycles. The molecule has 2 aliphatic heterocycles. The van der Waals surface area contributed by atoms with Crippen LogP contribution in [0.25, 0.3) is 0 Å². The van der Waals surface area contributed by atoms with Gasteiger partial charge in [-0.25, -0.2) is 9.97 Å². The molecular formula is C18H19N5O3. The van der Waals surface area contributed by atoms with Crippen molar-refractivity contribution >= 4 is 11.8 Å². The van der Waals surface area contributed by atoms with Crippen molar-refractivity contribution in [3.05, 3.63) is 47.8 Å². The van der Waals surface area contributed by atoms with Gasteiger partial charge in [0.2, 0.25) is 5.82 Å². The Hall–Kier alpha value is -3.03. The molecule has 2 aromatic rings. The molecule has 0 unspecified atom stereocenters. The molecule has 8 nitrogen and oxygen atoms in total. The van der Waals surface area contributed by atoms with E-state index in [2.05, 4.69) is 15.0 Å². The molecule has 2 aromatic heterocycles. The summed E-state index contributed by atoms with van der Waals surface area (Å²) in [5, 5.41) is 0. The molecule has 0 N–H and O–H groups in total. The van der Waals surface area contributed by atoms with Gasteiger partial charge in [0.15, 0.2) is 5.75 Å². The molecule has 134 valence electrons. The zero-order chi connectivity index (χ0) is 18.3. The summed E-state index contributed by atoms with van der Waals surface area (Å²) in [4.78, 5) is 41.3. The van der Waals surface area contributed by atoms with Gasteiger partial charge in [-0.3, -0.25) is 14.6 Å². The first-order valence-electron chi connectivity index (χ1n) is 8.46. The average molecular weight is 353 g/mol. The van der Waals surface area contributed by atoms with Crippen molar-refractivity contribution in [2.24, 2.45) is 0 Å². The Morgan fingerprint density at radius 1 is 1.19 bits per heavy atom. The molecular weight excluding hydrogens is 334 g/mol. The lowest BCUT2D eigenvalue weighted by Crippen LogP contribution is -2.51. The molecule has 0 radical (unpaired) electrons. The maximum Gasteiger partial charge on any atom is 0.291 e. The van der Waals surface area contributed by atoms with E-state index in [1.807, 2.05) is 13.1 Å². The van der Waals surface area contributed by atoms with Gasteiger partial charge >= 0.3 is 0 Å². The number of pyridine rings is 1. The number of fused-ring (bicyclic) bond motifs is 2. The van der Waals surface area contributed by atoms with Gasteiger partial charge in [-0.1, -0.05) is 0 Å². The van der Waals surface area contributed by atoms with Gasteiger partial charge in [0.25, 0.3) is 11.8 Å². The summed E-state index contributed by atoms with van der Waals surface area (Å²) < 4.78 is 5.02. The quantitative estimate of drug-likeness (QED) is 0.803. The van der Waals surface area contributed by atoms with Crippen molar-refractivity contribution < 1.29 is 14.3 Å². The maximum absolute atomic E-state index is 12.7. The Labute approximate surface area is 150 Å². The lowest BCUT2D eigenvalue weighted by atomic mass is 9.84. The number of likely N-dealkylation sites (tertiary alicyclic amines) is 1. The number of ether oxygens (including phenoxy) is 1. The van der Waals surface area contributed by atoms with Crippen LogP contribution < -0.4 is 4.74 Å². The van der Waals surface area contributed by atoms with Crippen LogP contribution in [-0.4, -0.2) is 63.8 Å². The van der Waals surface area contributed by atoms with Gasteiger partial charge in [-0.05, 0) is 25.0 Å². The van der Waals surface area contributed by atoms with Crippen molar-refractivity contribution in [2.75, 3.05) is 27.2 Å². The number of aromatic nitrogens is 3. The molecule has 1 spiro atoms. The van der Waals surface area contributed by atoms with Crippen molar-refractivity contribution in [1.82, 2.24) is 24.8 Å². The molecule has 1 saturated heterocycles. The van der Waals surface area contributed by atoms with E-state index >= 15 is 0 Å². The predicted molar refractivity (Wildman–Crippen MR) is 91.7 cm³/mol. The third-order valence-electron chi connectivity index (χ3n) is 5.36. The molecule has 2 aliphatic rings. The van der Waals surface area contributed by atoms with Crippen LogP contribution in [0.3, 0.4) is 0 Å². The fourth-order valence-corrected chi connectivity index (χ4v) is 3.81. The number of piperidine rings is 1. The summed E-state index contributed by atoms with van der Waals surface area (Å²) in [6.45, 7) is 1.03. The van der Waals surface area contributed by atoms with Crippen LogP contribution in [0.2, 0.25) is 0 Å². The number of amides is 2. The molecule has 2 amide bonds. The Morgan fingerprint density at radius 2 is 1.88 bits per heavy atom. The third-order valence-corrected chi connectivity index (χ3v) is 5.36. The highest BCUT2D eigenvalue weighted by Crippen LogP contribution is 2.44. The topological polar surface area (TPSA) is 88.5 Å². The van der Waals surface area contributed by atoms with Crippen LogP contribution in [0, 0.1) is 0 Å². The third kappa shape index (κ3) is 2.33. The summed E-state index contributed by atoms with van der Waals surface area (Å²) in [5.74, 6) is 0.436. The standard InChI is InChI=1S/C18H19N5O3/c1-22-16(24)13-4-3-7-19-14(13)18(22)5-8-23(9-6-18)17(25)15-20-10-12(26-2)11-21-15/h3-4,7,10-11H,5-6,8-9H2,1-2H3. The smallest absolute Gasteiger partial charge is 0.291 e. The first kappa shape index (κ1) is 16.4. The Balaban J connectivity index is 1.54. The van der Waals surface area contributed by atoms with Gasteiger partial charge in [0.05, 0.1) is 36.3 Å². The molecule has 4 rings (SSSR count). The monoisotopic (exact) mass is 353 g/mol. The van der Waals surface area contributed by atoms with E-state index in [-0.39, 0.29) is 17.6 Å². The Kier molecular flexibility index (Phi) is 3.82. The molecule has 0 atom stereocenters. The summed E-state index contributed by atoms with van der Waals surface area (Å²) in [5.41, 5.74) is 1.04. The largest absolute Gasteiger partial charge is 0.494 e. The number of nitrogens with zero attached hydrogens (tertiary/aromatic N) is 5. The number of carbonyl (C=O) groups is 2. The highest BCUT2D eigenvalue weighted by molar-refractivity contribution is 5.99. The Bertz CT molecular complexity index is 859.